The lowest BCUT2D eigenvalue weighted by atomic mass is 10.1. The van der Waals surface area contributed by atoms with E-state index in [4.69, 9.17) is 4.74 Å². The maximum absolute atomic E-state index is 14.9. The van der Waals surface area contributed by atoms with Crippen LogP contribution in [0, 0.1) is 18.6 Å². The van der Waals surface area contributed by atoms with Crippen LogP contribution in [-0.2, 0) is 4.74 Å². The molecule has 9 nitrogen and oxygen atoms in total. The van der Waals surface area contributed by atoms with E-state index in [2.05, 4.69) is 35.5 Å². The Morgan fingerprint density at radius 3 is 2.70 bits per heavy atom. The third-order valence-corrected chi connectivity index (χ3v) is 6.92. The smallest absolute Gasteiger partial charge is 0.229 e. The number of ether oxygens (including phenoxy) is 1. The van der Waals surface area contributed by atoms with E-state index in [1.165, 1.54) is 6.07 Å². The first-order valence-corrected chi connectivity index (χ1v) is 12.4. The lowest BCUT2D eigenvalue weighted by Crippen LogP contribution is -2.47. The van der Waals surface area contributed by atoms with Gasteiger partial charge < -0.3 is 24.8 Å². The molecule has 0 saturated carbocycles. The van der Waals surface area contributed by atoms with E-state index in [0.717, 1.165) is 38.1 Å². The quantitative estimate of drug-likeness (QED) is 0.420. The number of nitrogens with zero attached hydrogens (tertiary/aromatic N) is 6. The van der Waals surface area contributed by atoms with E-state index in [1.54, 1.807) is 12.3 Å². The summed E-state index contributed by atoms with van der Waals surface area (Å²) in [6.07, 6.45) is 3.04. The minimum Gasteiger partial charge on any atom is -0.373 e. The van der Waals surface area contributed by atoms with E-state index in [9.17, 15) is 8.78 Å². The van der Waals surface area contributed by atoms with Gasteiger partial charge in [0.05, 0.1) is 42.4 Å². The fourth-order valence-corrected chi connectivity index (χ4v) is 5.25. The average Bonchev–Trinajstić information content (AvgIpc) is 3.46. The van der Waals surface area contributed by atoms with Crippen molar-refractivity contribution >= 4 is 28.5 Å². The number of aryl methyl sites for hydroxylation is 1. The van der Waals surface area contributed by atoms with Gasteiger partial charge in [-0.15, -0.1) is 0 Å². The number of rotatable bonds is 5. The van der Waals surface area contributed by atoms with Crippen molar-refractivity contribution in [2.45, 2.75) is 39.0 Å². The highest BCUT2D eigenvalue weighted by Crippen LogP contribution is 2.31. The molecule has 4 aromatic rings. The van der Waals surface area contributed by atoms with E-state index in [1.807, 2.05) is 37.5 Å². The largest absolute Gasteiger partial charge is 0.373 e. The first kappa shape index (κ1) is 23.7. The zero-order valence-electron chi connectivity index (χ0n) is 20.9. The zero-order valence-corrected chi connectivity index (χ0v) is 20.9. The summed E-state index contributed by atoms with van der Waals surface area (Å²) in [5.41, 5.74) is 2.15. The molecule has 2 aliphatic rings. The minimum absolute atomic E-state index is 0.00347. The van der Waals surface area contributed by atoms with Crippen molar-refractivity contribution < 1.29 is 13.5 Å². The van der Waals surface area contributed by atoms with Gasteiger partial charge in [-0.25, -0.2) is 28.7 Å². The summed E-state index contributed by atoms with van der Waals surface area (Å²) in [6.45, 7) is 9.09. The van der Waals surface area contributed by atoms with Gasteiger partial charge in [0.15, 0.2) is 11.6 Å². The Morgan fingerprint density at radius 1 is 1.08 bits per heavy atom. The van der Waals surface area contributed by atoms with Crippen molar-refractivity contribution in [1.82, 2.24) is 29.8 Å². The molecule has 6 rings (SSSR count). The summed E-state index contributed by atoms with van der Waals surface area (Å²) in [4.78, 5) is 19.5. The van der Waals surface area contributed by atoms with Gasteiger partial charge in [-0.3, -0.25) is 0 Å². The number of pyridine rings is 1. The lowest BCUT2D eigenvalue weighted by Gasteiger charge is -2.25. The maximum Gasteiger partial charge on any atom is 0.229 e. The number of hydrogen-bond acceptors (Lipinski definition) is 8. The first-order chi connectivity index (χ1) is 17.9. The van der Waals surface area contributed by atoms with Crippen LogP contribution < -0.4 is 15.5 Å². The molecule has 2 saturated heterocycles. The molecule has 0 amide bonds. The molecule has 192 valence electrons. The number of fused-ring (bicyclic) bond motifs is 2. The average molecular weight is 507 g/mol. The van der Waals surface area contributed by atoms with Crippen molar-refractivity contribution in [2.24, 2.45) is 0 Å². The van der Waals surface area contributed by atoms with Crippen LogP contribution >= 0.6 is 0 Å². The number of hydrogen-bond donors (Lipinski definition) is 2. The van der Waals surface area contributed by atoms with E-state index in [-0.39, 0.29) is 29.3 Å². The molecule has 11 heteroatoms. The summed E-state index contributed by atoms with van der Waals surface area (Å²) >= 11 is 0. The molecule has 0 spiro atoms. The molecule has 3 aromatic heterocycles. The van der Waals surface area contributed by atoms with Crippen LogP contribution in [0.3, 0.4) is 0 Å². The number of halogens is 2. The number of morpholine rings is 1. The minimum atomic E-state index is -0.647. The number of anilines is 3. The topological polar surface area (TPSA) is 93.0 Å². The van der Waals surface area contributed by atoms with Crippen LogP contribution in [0.5, 0.6) is 0 Å². The lowest BCUT2D eigenvalue weighted by molar-refractivity contribution is 0.0212. The Bertz CT molecular complexity index is 1440. The van der Waals surface area contributed by atoms with Crippen LogP contribution in [0.1, 0.15) is 25.7 Å². The van der Waals surface area contributed by atoms with E-state index in [0.29, 0.717) is 28.8 Å². The normalized spacial score (nSPS) is 19.6. The number of benzene rings is 1. The van der Waals surface area contributed by atoms with E-state index >= 15 is 0 Å². The van der Waals surface area contributed by atoms with Gasteiger partial charge in [0, 0.05) is 31.2 Å². The second kappa shape index (κ2) is 9.31. The SMILES string of the molecule is Cc1nc2c(F)cc(-c3nc(Nc4ccc(N5C[C@@H]6NCCO[C@H]6C5)cn4)ncc3F)cc2n1C(C)C. The Hall–Kier alpha value is -3.70. The van der Waals surface area contributed by atoms with Gasteiger partial charge in [0.2, 0.25) is 5.95 Å². The Labute approximate surface area is 212 Å². The number of imidazole rings is 1. The highest BCUT2D eigenvalue weighted by molar-refractivity contribution is 5.83. The summed E-state index contributed by atoms with van der Waals surface area (Å²) in [7, 11) is 0. The molecule has 2 aliphatic heterocycles. The Morgan fingerprint density at radius 2 is 1.95 bits per heavy atom. The molecule has 37 heavy (non-hydrogen) atoms. The third-order valence-electron chi connectivity index (χ3n) is 6.92. The van der Waals surface area contributed by atoms with Gasteiger partial charge in [-0.05, 0) is 45.0 Å². The fourth-order valence-electron chi connectivity index (χ4n) is 5.25. The van der Waals surface area contributed by atoms with Crippen molar-refractivity contribution in [3.8, 4) is 11.3 Å². The second-order valence-corrected chi connectivity index (χ2v) is 9.74. The summed E-state index contributed by atoms with van der Waals surface area (Å²) in [5.74, 6) is 0.198. The predicted molar refractivity (Wildman–Crippen MR) is 137 cm³/mol. The summed E-state index contributed by atoms with van der Waals surface area (Å²) in [6, 6.07) is 7.16. The highest BCUT2D eigenvalue weighted by Gasteiger charge is 2.35. The molecule has 1 aromatic carbocycles. The maximum atomic E-state index is 14.9. The molecule has 2 N–H and O–H groups in total. The van der Waals surface area contributed by atoms with Crippen molar-refractivity contribution in [3.05, 3.63) is 54.1 Å². The molecule has 0 unspecified atom stereocenters. The van der Waals surface area contributed by atoms with Gasteiger partial charge >= 0.3 is 0 Å². The monoisotopic (exact) mass is 506 g/mol. The van der Waals surface area contributed by atoms with Crippen molar-refractivity contribution in [2.75, 3.05) is 36.5 Å². The molecular weight excluding hydrogens is 478 g/mol. The molecular formula is C26H28F2N8O. The fraction of sp³-hybridized carbons (Fsp3) is 0.385. The van der Waals surface area contributed by atoms with Crippen LogP contribution in [0.25, 0.3) is 22.3 Å². The Kier molecular flexibility index (Phi) is 5.96. The molecule has 0 radical (unpaired) electrons. The standard InChI is InChI=1S/C26H28F2N8O/c1-14(2)36-15(3)32-25-18(27)8-16(9-21(25)36)24-19(28)11-31-26(34-24)33-23-5-4-17(10-30-23)35-12-20-22(13-35)37-7-6-29-20/h4-5,8-11,14,20,22,29H,6-7,12-13H2,1-3H3,(H,30,31,33,34)/t20-,22-/m0/s1. The Balaban J connectivity index is 1.25. The molecule has 2 atom stereocenters. The van der Waals surface area contributed by atoms with Gasteiger partial charge in [0.1, 0.15) is 22.9 Å². The third kappa shape index (κ3) is 4.38. The molecule has 0 aliphatic carbocycles. The second-order valence-electron chi connectivity index (χ2n) is 9.74. The zero-order chi connectivity index (χ0) is 25.7. The highest BCUT2D eigenvalue weighted by atomic mass is 19.1. The van der Waals surface area contributed by atoms with Crippen LogP contribution in [0.4, 0.5) is 26.2 Å². The van der Waals surface area contributed by atoms with Crippen LogP contribution in [0.15, 0.2) is 36.7 Å². The van der Waals surface area contributed by atoms with Gasteiger partial charge in [0.25, 0.3) is 0 Å². The predicted octanol–water partition coefficient (Wildman–Crippen LogP) is 3.98. The van der Waals surface area contributed by atoms with Crippen LogP contribution in [0.2, 0.25) is 0 Å². The molecule has 2 fully saturated rings. The van der Waals surface area contributed by atoms with E-state index < -0.39 is 11.6 Å². The van der Waals surface area contributed by atoms with Crippen molar-refractivity contribution in [1.29, 1.82) is 0 Å². The van der Waals surface area contributed by atoms with Crippen LogP contribution in [-0.4, -0.2) is 62.9 Å². The van der Waals surface area contributed by atoms with Crippen molar-refractivity contribution in [3.63, 3.8) is 0 Å². The number of nitrogens with one attached hydrogen (secondary N) is 2. The summed E-state index contributed by atoms with van der Waals surface area (Å²) < 4.78 is 37.5. The molecule has 5 heterocycles. The number of aromatic nitrogens is 5. The van der Waals surface area contributed by atoms with Gasteiger partial charge in [-0.1, -0.05) is 0 Å². The first-order valence-electron chi connectivity index (χ1n) is 12.4. The molecule has 0 bridgehead atoms. The summed E-state index contributed by atoms with van der Waals surface area (Å²) in [5, 5.41) is 6.52. The van der Waals surface area contributed by atoms with Gasteiger partial charge in [-0.2, -0.15) is 0 Å².